The minimum absolute atomic E-state index is 0.214. The van der Waals surface area contributed by atoms with Gasteiger partial charge in [-0.1, -0.05) is 23.7 Å². The number of ether oxygens (including phenoxy) is 3. The summed E-state index contributed by atoms with van der Waals surface area (Å²) in [7, 11) is 3.07. The van der Waals surface area contributed by atoms with E-state index in [2.05, 4.69) is 20.4 Å². The Bertz CT molecular complexity index is 1130. The maximum absolute atomic E-state index is 13.2. The Kier molecular flexibility index (Phi) is 8.22. The summed E-state index contributed by atoms with van der Waals surface area (Å²) in [5.41, 5.74) is 2.60. The van der Waals surface area contributed by atoms with Crippen LogP contribution < -0.4 is 25.0 Å². The zero-order valence-electron chi connectivity index (χ0n) is 20.7. The number of methoxy groups -OCH3 is 2. The molecule has 4 rings (SSSR count). The molecule has 1 atom stereocenters. The molecular formula is C26H31ClN4O5. The van der Waals surface area contributed by atoms with Gasteiger partial charge in [0, 0.05) is 54.7 Å². The average molecular weight is 515 g/mol. The maximum atomic E-state index is 13.2. The molecule has 2 aliphatic rings. The van der Waals surface area contributed by atoms with Crippen LogP contribution in [0, 0.1) is 0 Å². The van der Waals surface area contributed by atoms with Crippen molar-refractivity contribution in [2.75, 3.05) is 58.5 Å². The van der Waals surface area contributed by atoms with Gasteiger partial charge in [-0.3, -0.25) is 4.90 Å². The molecule has 0 bridgehead atoms. The molecule has 2 amide bonds. The topological polar surface area (TPSA) is 92.4 Å². The summed E-state index contributed by atoms with van der Waals surface area (Å²) in [6, 6.07) is 12.0. The van der Waals surface area contributed by atoms with Crippen LogP contribution in [-0.2, 0) is 9.53 Å². The number of halogens is 1. The fraction of sp³-hybridized carbons (Fsp3) is 0.385. The minimum Gasteiger partial charge on any atom is -0.493 e. The first-order valence-corrected chi connectivity index (χ1v) is 12.2. The summed E-state index contributed by atoms with van der Waals surface area (Å²) in [6.07, 6.45) is 0. The van der Waals surface area contributed by atoms with E-state index in [4.69, 9.17) is 25.8 Å². The quantitative estimate of drug-likeness (QED) is 0.522. The molecular weight excluding hydrogens is 484 g/mol. The van der Waals surface area contributed by atoms with E-state index in [1.54, 1.807) is 32.2 Å². The molecule has 2 aromatic carbocycles. The van der Waals surface area contributed by atoms with Crippen LogP contribution in [0.3, 0.4) is 0 Å². The van der Waals surface area contributed by atoms with Crippen molar-refractivity contribution >= 4 is 29.3 Å². The highest BCUT2D eigenvalue weighted by molar-refractivity contribution is 6.30. The van der Waals surface area contributed by atoms with Gasteiger partial charge in [-0.25, -0.2) is 9.59 Å². The number of hydrogen-bond donors (Lipinski definition) is 2. The highest BCUT2D eigenvalue weighted by Gasteiger charge is 2.36. The van der Waals surface area contributed by atoms with Crippen LogP contribution in [0.5, 0.6) is 11.5 Å². The zero-order valence-corrected chi connectivity index (χ0v) is 21.4. The van der Waals surface area contributed by atoms with Crippen molar-refractivity contribution in [3.05, 3.63) is 64.3 Å². The number of rotatable bonds is 8. The molecule has 0 radical (unpaired) electrons. The largest absolute Gasteiger partial charge is 0.493 e. The van der Waals surface area contributed by atoms with Crippen LogP contribution in [0.4, 0.5) is 10.5 Å². The lowest BCUT2D eigenvalue weighted by atomic mass is 9.93. The number of esters is 1. The number of urea groups is 1. The number of benzene rings is 2. The Balaban J connectivity index is 1.61. The van der Waals surface area contributed by atoms with E-state index in [0.29, 0.717) is 39.9 Å². The lowest BCUT2D eigenvalue weighted by Gasteiger charge is -2.38. The number of carbonyl (C=O) groups is 2. The number of nitrogens with one attached hydrogen (secondary N) is 2. The first-order valence-electron chi connectivity index (χ1n) is 11.9. The molecule has 2 heterocycles. The molecule has 0 saturated carbocycles. The fourth-order valence-electron chi connectivity index (χ4n) is 4.60. The van der Waals surface area contributed by atoms with Gasteiger partial charge < -0.3 is 29.7 Å². The van der Waals surface area contributed by atoms with Crippen LogP contribution in [-0.4, -0.2) is 70.5 Å². The van der Waals surface area contributed by atoms with Crippen LogP contribution >= 0.6 is 11.6 Å². The Hall–Kier alpha value is -3.43. The van der Waals surface area contributed by atoms with E-state index in [-0.39, 0.29) is 6.61 Å². The molecule has 1 unspecified atom stereocenters. The maximum Gasteiger partial charge on any atom is 0.338 e. The van der Waals surface area contributed by atoms with Crippen molar-refractivity contribution in [2.45, 2.75) is 13.0 Å². The summed E-state index contributed by atoms with van der Waals surface area (Å²) in [5.74, 6) is 0.463. The van der Waals surface area contributed by atoms with Gasteiger partial charge in [0.2, 0.25) is 0 Å². The third-order valence-corrected chi connectivity index (χ3v) is 6.59. The smallest absolute Gasteiger partial charge is 0.338 e. The van der Waals surface area contributed by atoms with Gasteiger partial charge in [-0.2, -0.15) is 0 Å². The lowest BCUT2D eigenvalue weighted by Crippen LogP contribution is -2.51. The zero-order chi connectivity index (χ0) is 25.7. The van der Waals surface area contributed by atoms with Gasteiger partial charge in [0.05, 0.1) is 32.4 Å². The monoisotopic (exact) mass is 514 g/mol. The summed E-state index contributed by atoms with van der Waals surface area (Å²) >= 11 is 6.02. The number of piperazine rings is 1. The highest BCUT2D eigenvalue weighted by atomic mass is 35.5. The molecule has 10 heteroatoms. The normalized spacial score (nSPS) is 18.4. The van der Waals surface area contributed by atoms with Crippen molar-refractivity contribution in [3.63, 3.8) is 0 Å². The van der Waals surface area contributed by atoms with Gasteiger partial charge in [-0.05, 0) is 37.3 Å². The van der Waals surface area contributed by atoms with Crippen LogP contribution in [0.2, 0.25) is 5.02 Å². The predicted octanol–water partition coefficient (Wildman–Crippen LogP) is 3.35. The van der Waals surface area contributed by atoms with Crippen molar-refractivity contribution in [2.24, 2.45) is 0 Å². The molecule has 2 aliphatic heterocycles. The summed E-state index contributed by atoms with van der Waals surface area (Å²) < 4.78 is 16.4. The predicted molar refractivity (Wildman–Crippen MR) is 138 cm³/mol. The van der Waals surface area contributed by atoms with Gasteiger partial charge >= 0.3 is 12.0 Å². The molecule has 2 N–H and O–H groups in total. The van der Waals surface area contributed by atoms with Crippen LogP contribution in [0.25, 0.3) is 0 Å². The van der Waals surface area contributed by atoms with E-state index in [9.17, 15) is 9.59 Å². The third kappa shape index (κ3) is 5.52. The second kappa shape index (κ2) is 11.5. The van der Waals surface area contributed by atoms with E-state index in [1.807, 2.05) is 24.3 Å². The SMILES string of the molecule is CCOC(=O)C1=C(CN2CCN(c3ccc(Cl)cc3)CC2)NC(=O)NC1c1cccc(OC)c1OC. The molecule has 36 heavy (non-hydrogen) atoms. The number of nitrogens with zero attached hydrogens (tertiary/aromatic N) is 2. The van der Waals surface area contributed by atoms with E-state index in [0.717, 1.165) is 31.9 Å². The summed E-state index contributed by atoms with van der Waals surface area (Å²) in [4.78, 5) is 30.4. The van der Waals surface area contributed by atoms with E-state index < -0.39 is 18.0 Å². The number of anilines is 1. The van der Waals surface area contributed by atoms with Crippen LogP contribution in [0.15, 0.2) is 53.7 Å². The number of amides is 2. The summed E-state index contributed by atoms with van der Waals surface area (Å²) in [5, 5.41) is 6.43. The molecule has 1 saturated heterocycles. The van der Waals surface area contributed by atoms with Gasteiger partial charge in [0.15, 0.2) is 11.5 Å². The Morgan fingerprint density at radius 3 is 2.42 bits per heavy atom. The number of carbonyl (C=O) groups excluding carboxylic acids is 2. The standard InChI is InChI=1S/C26H31ClN4O5/c1-4-36-25(32)22-20(16-30-12-14-31(15-13-30)18-10-8-17(27)9-11-18)28-26(33)29-23(22)19-6-5-7-21(34-2)24(19)35-3/h5-11,23H,4,12-16H2,1-3H3,(H2,28,29,33). The Labute approximate surface area is 215 Å². The van der Waals surface area contributed by atoms with Crippen molar-refractivity contribution in [3.8, 4) is 11.5 Å². The molecule has 192 valence electrons. The van der Waals surface area contributed by atoms with Gasteiger partial charge in [0.25, 0.3) is 0 Å². The Morgan fingerprint density at radius 2 is 1.78 bits per heavy atom. The molecule has 0 aromatic heterocycles. The molecule has 9 nitrogen and oxygen atoms in total. The van der Waals surface area contributed by atoms with E-state index in [1.165, 1.54) is 7.11 Å². The second-order valence-corrected chi connectivity index (χ2v) is 8.90. The average Bonchev–Trinajstić information content (AvgIpc) is 2.88. The fourth-order valence-corrected chi connectivity index (χ4v) is 4.73. The Morgan fingerprint density at radius 1 is 1.06 bits per heavy atom. The van der Waals surface area contributed by atoms with Crippen molar-refractivity contribution in [1.29, 1.82) is 0 Å². The molecule has 0 spiro atoms. The second-order valence-electron chi connectivity index (χ2n) is 8.47. The number of para-hydroxylation sites is 1. The van der Waals surface area contributed by atoms with Gasteiger partial charge in [0.1, 0.15) is 0 Å². The van der Waals surface area contributed by atoms with Crippen LogP contribution in [0.1, 0.15) is 18.5 Å². The van der Waals surface area contributed by atoms with Crippen molar-refractivity contribution < 1.29 is 23.8 Å². The highest BCUT2D eigenvalue weighted by Crippen LogP contribution is 2.39. The first kappa shape index (κ1) is 25.7. The van der Waals surface area contributed by atoms with Crippen molar-refractivity contribution in [1.82, 2.24) is 15.5 Å². The third-order valence-electron chi connectivity index (χ3n) is 6.34. The number of hydrogen-bond acceptors (Lipinski definition) is 7. The van der Waals surface area contributed by atoms with Gasteiger partial charge in [-0.15, -0.1) is 0 Å². The summed E-state index contributed by atoms with van der Waals surface area (Å²) in [6.45, 7) is 5.51. The molecule has 2 aromatic rings. The van der Waals surface area contributed by atoms with E-state index >= 15 is 0 Å². The first-order chi connectivity index (χ1) is 17.4. The minimum atomic E-state index is -0.756. The molecule has 1 fully saturated rings. The lowest BCUT2D eigenvalue weighted by molar-refractivity contribution is -0.139. The molecule has 0 aliphatic carbocycles.